The molecular formula is C42H44N4O2. The van der Waals surface area contributed by atoms with Crippen molar-refractivity contribution in [3.63, 3.8) is 0 Å². The predicted molar refractivity (Wildman–Crippen MR) is 195 cm³/mol. The van der Waals surface area contributed by atoms with Gasteiger partial charge in [-0.15, -0.1) is 0 Å². The SMILES string of the molecule is Cc1cc(Oc2cc(C3=N[C@H](C(C)C)CO3)cc(-c3ccccn3)c2)cc(N2c3ccc(C(C)(C)C)cc3C(C)(C)c3cccnc32)c1. The normalized spacial score (nSPS) is 16.6. The molecule has 7 rings (SSSR count). The van der Waals surface area contributed by atoms with Gasteiger partial charge in [-0.3, -0.25) is 9.88 Å². The van der Waals surface area contributed by atoms with Gasteiger partial charge in [0.1, 0.15) is 23.9 Å². The zero-order valence-corrected chi connectivity index (χ0v) is 29.2. The molecule has 4 heterocycles. The third-order valence-corrected chi connectivity index (χ3v) is 9.54. The van der Waals surface area contributed by atoms with Crippen molar-refractivity contribution in [3.05, 3.63) is 125 Å². The first-order chi connectivity index (χ1) is 22.9. The van der Waals surface area contributed by atoms with Crippen molar-refractivity contribution >= 4 is 23.1 Å². The molecule has 0 radical (unpaired) electrons. The van der Waals surface area contributed by atoms with Gasteiger partial charge >= 0.3 is 0 Å². The number of rotatable bonds is 6. The van der Waals surface area contributed by atoms with Crippen LogP contribution >= 0.6 is 0 Å². The number of aromatic nitrogens is 2. The van der Waals surface area contributed by atoms with E-state index < -0.39 is 0 Å². The molecule has 6 heteroatoms. The number of ether oxygens (including phenoxy) is 2. The number of hydrogen-bond donors (Lipinski definition) is 0. The molecule has 2 aromatic heterocycles. The van der Waals surface area contributed by atoms with E-state index in [1.807, 2.05) is 48.8 Å². The Morgan fingerprint density at radius 1 is 0.833 bits per heavy atom. The molecule has 0 saturated carbocycles. The Balaban J connectivity index is 1.33. The molecule has 2 aliphatic rings. The zero-order chi connectivity index (χ0) is 33.8. The first-order valence-electron chi connectivity index (χ1n) is 16.9. The van der Waals surface area contributed by atoms with Gasteiger partial charge in [-0.25, -0.2) is 9.98 Å². The summed E-state index contributed by atoms with van der Waals surface area (Å²) >= 11 is 0. The fourth-order valence-electron chi connectivity index (χ4n) is 6.69. The first-order valence-corrected chi connectivity index (χ1v) is 16.9. The van der Waals surface area contributed by atoms with Crippen molar-refractivity contribution in [1.29, 1.82) is 0 Å². The van der Waals surface area contributed by atoms with Gasteiger partial charge in [-0.2, -0.15) is 0 Å². The van der Waals surface area contributed by atoms with Crippen LogP contribution in [0.2, 0.25) is 0 Å². The van der Waals surface area contributed by atoms with Crippen LogP contribution in [0.3, 0.4) is 0 Å². The molecule has 0 fully saturated rings. The molecule has 48 heavy (non-hydrogen) atoms. The summed E-state index contributed by atoms with van der Waals surface area (Å²) in [5, 5.41) is 0. The maximum Gasteiger partial charge on any atom is 0.216 e. The molecule has 0 aliphatic carbocycles. The number of aliphatic imine (C=N–C) groups is 1. The van der Waals surface area contributed by atoms with E-state index in [1.165, 1.54) is 16.7 Å². The van der Waals surface area contributed by atoms with Crippen LogP contribution in [0, 0.1) is 12.8 Å². The van der Waals surface area contributed by atoms with Crippen LogP contribution in [0.1, 0.15) is 76.3 Å². The number of hydrogen-bond acceptors (Lipinski definition) is 6. The van der Waals surface area contributed by atoms with E-state index in [-0.39, 0.29) is 16.9 Å². The third kappa shape index (κ3) is 5.85. The standard InChI is InChI=1S/C42H44N4O2/c1-26(2)37-25-47-40(45-37)29-20-28(36-13-9-10-16-43-36)21-33(22-29)48-32-19-27(3)18-31(24-32)46-38-15-14-30(41(4,5)6)23-35(38)42(7,8)34-12-11-17-44-39(34)46/h9-24,26,37H,25H2,1-8H3/t37-/m0/s1. The van der Waals surface area contributed by atoms with E-state index in [2.05, 4.69) is 114 Å². The van der Waals surface area contributed by atoms with Gasteiger partial charge in [0.25, 0.3) is 0 Å². The topological polar surface area (TPSA) is 59.8 Å². The molecule has 0 amide bonds. The second-order valence-corrected chi connectivity index (χ2v) is 14.9. The summed E-state index contributed by atoms with van der Waals surface area (Å²) in [5.74, 6) is 3.40. The van der Waals surface area contributed by atoms with Gasteiger partial charge < -0.3 is 9.47 Å². The number of pyridine rings is 2. The lowest BCUT2D eigenvalue weighted by molar-refractivity contribution is 0.292. The van der Waals surface area contributed by atoms with E-state index in [4.69, 9.17) is 19.5 Å². The molecule has 6 nitrogen and oxygen atoms in total. The van der Waals surface area contributed by atoms with E-state index in [0.717, 1.165) is 45.3 Å². The summed E-state index contributed by atoms with van der Waals surface area (Å²) < 4.78 is 12.8. The van der Waals surface area contributed by atoms with Crippen LogP contribution in [0.25, 0.3) is 11.3 Å². The molecule has 0 bridgehead atoms. The highest BCUT2D eigenvalue weighted by molar-refractivity contribution is 5.97. The van der Waals surface area contributed by atoms with Crippen molar-refractivity contribution in [3.8, 4) is 22.8 Å². The lowest BCUT2D eigenvalue weighted by atomic mass is 9.72. The average molecular weight is 637 g/mol. The van der Waals surface area contributed by atoms with Gasteiger partial charge in [-0.1, -0.05) is 72.7 Å². The fourth-order valence-corrected chi connectivity index (χ4v) is 6.69. The van der Waals surface area contributed by atoms with Crippen molar-refractivity contribution < 1.29 is 9.47 Å². The van der Waals surface area contributed by atoms with Gasteiger partial charge in [0, 0.05) is 40.6 Å². The Bertz CT molecular complexity index is 2020. The summed E-state index contributed by atoms with van der Waals surface area (Å²) in [6.45, 7) is 18.4. The lowest BCUT2D eigenvalue weighted by Gasteiger charge is -2.41. The predicted octanol–water partition coefficient (Wildman–Crippen LogP) is 10.5. The summed E-state index contributed by atoms with van der Waals surface area (Å²) in [6.07, 6.45) is 3.69. The molecule has 1 atom stereocenters. The Kier molecular flexibility index (Phi) is 7.86. The number of benzene rings is 3. The van der Waals surface area contributed by atoms with Crippen molar-refractivity contribution in [2.24, 2.45) is 10.9 Å². The van der Waals surface area contributed by atoms with Gasteiger partial charge in [-0.05, 0) is 89.5 Å². The van der Waals surface area contributed by atoms with Crippen LogP contribution < -0.4 is 9.64 Å². The highest BCUT2D eigenvalue weighted by Crippen LogP contribution is 2.52. The van der Waals surface area contributed by atoms with Crippen LogP contribution in [0.15, 0.2) is 102 Å². The minimum Gasteiger partial charge on any atom is -0.475 e. The summed E-state index contributed by atoms with van der Waals surface area (Å²) in [6, 6.07) is 29.7. The number of aryl methyl sites for hydroxylation is 1. The molecule has 0 saturated heterocycles. The number of nitrogens with zero attached hydrogens (tertiary/aromatic N) is 4. The quantitative estimate of drug-likeness (QED) is 0.186. The zero-order valence-electron chi connectivity index (χ0n) is 29.2. The van der Waals surface area contributed by atoms with Crippen LogP contribution in [-0.4, -0.2) is 28.5 Å². The molecule has 0 spiro atoms. The summed E-state index contributed by atoms with van der Waals surface area (Å²) in [4.78, 5) is 16.8. The highest BCUT2D eigenvalue weighted by Gasteiger charge is 2.38. The lowest BCUT2D eigenvalue weighted by Crippen LogP contribution is -2.32. The highest BCUT2D eigenvalue weighted by atomic mass is 16.5. The van der Waals surface area contributed by atoms with Crippen LogP contribution in [0.5, 0.6) is 11.5 Å². The molecule has 0 N–H and O–H groups in total. The molecule has 3 aromatic carbocycles. The Morgan fingerprint density at radius 3 is 2.33 bits per heavy atom. The van der Waals surface area contributed by atoms with E-state index in [9.17, 15) is 0 Å². The monoisotopic (exact) mass is 636 g/mol. The Hall–Kier alpha value is -4.97. The smallest absolute Gasteiger partial charge is 0.216 e. The van der Waals surface area contributed by atoms with Crippen LogP contribution in [-0.2, 0) is 15.6 Å². The van der Waals surface area contributed by atoms with Gasteiger partial charge in [0.2, 0.25) is 5.90 Å². The largest absolute Gasteiger partial charge is 0.475 e. The molecular weight excluding hydrogens is 592 g/mol. The molecule has 0 unspecified atom stereocenters. The minimum absolute atomic E-state index is 0.0307. The van der Waals surface area contributed by atoms with E-state index in [0.29, 0.717) is 24.2 Å². The average Bonchev–Trinajstić information content (AvgIpc) is 3.56. The second kappa shape index (κ2) is 11.9. The molecule has 244 valence electrons. The number of anilines is 3. The summed E-state index contributed by atoms with van der Waals surface area (Å²) in [7, 11) is 0. The van der Waals surface area contributed by atoms with Crippen molar-refractivity contribution in [1.82, 2.24) is 9.97 Å². The maximum atomic E-state index is 6.72. The van der Waals surface area contributed by atoms with Crippen molar-refractivity contribution in [2.45, 2.75) is 72.3 Å². The maximum absolute atomic E-state index is 6.72. The first kappa shape index (κ1) is 31.6. The minimum atomic E-state index is -0.220. The van der Waals surface area contributed by atoms with E-state index in [1.54, 1.807) is 0 Å². The fraction of sp³-hybridized carbons (Fsp3) is 0.310. The molecule has 5 aromatic rings. The van der Waals surface area contributed by atoms with Gasteiger partial charge in [0.15, 0.2) is 0 Å². The third-order valence-electron chi connectivity index (χ3n) is 9.54. The van der Waals surface area contributed by atoms with Crippen LogP contribution in [0.4, 0.5) is 17.2 Å². The Labute approximate surface area is 284 Å². The molecule has 2 aliphatic heterocycles. The van der Waals surface area contributed by atoms with Crippen molar-refractivity contribution in [2.75, 3.05) is 11.5 Å². The summed E-state index contributed by atoms with van der Waals surface area (Å²) in [5.41, 5.74) is 9.49. The van der Waals surface area contributed by atoms with Gasteiger partial charge in [0.05, 0.1) is 23.1 Å². The Morgan fingerprint density at radius 2 is 1.60 bits per heavy atom. The van der Waals surface area contributed by atoms with E-state index >= 15 is 0 Å². The number of fused-ring (bicyclic) bond motifs is 2. The second-order valence-electron chi connectivity index (χ2n) is 14.9.